The van der Waals surface area contributed by atoms with Crippen molar-refractivity contribution >= 4 is 0 Å². The molecule has 3 rings (SSSR count). The lowest BCUT2D eigenvalue weighted by atomic mass is 9.96. The van der Waals surface area contributed by atoms with E-state index in [9.17, 15) is 0 Å². The molecule has 2 aromatic rings. The quantitative estimate of drug-likeness (QED) is 0.810. The molecule has 2 aromatic carbocycles. The summed E-state index contributed by atoms with van der Waals surface area (Å²) in [4.78, 5) is 2.65. The first-order valence-corrected chi connectivity index (χ1v) is 9.44. The van der Waals surface area contributed by atoms with Gasteiger partial charge in [-0.15, -0.1) is 0 Å². The van der Waals surface area contributed by atoms with Crippen molar-refractivity contribution < 1.29 is 4.74 Å². The molecule has 1 N–H and O–H groups in total. The van der Waals surface area contributed by atoms with Gasteiger partial charge in [0.2, 0.25) is 0 Å². The summed E-state index contributed by atoms with van der Waals surface area (Å²) >= 11 is 0. The van der Waals surface area contributed by atoms with Crippen molar-refractivity contribution in [1.29, 1.82) is 0 Å². The van der Waals surface area contributed by atoms with Crippen LogP contribution >= 0.6 is 0 Å². The summed E-state index contributed by atoms with van der Waals surface area (Å²) < 4.78 is 5.49. The van der Waals surface area contributed by atoms with Crippen LogP contribution in [-0.2, 0) is 6.54 Å². The van der Waals surface area contributed by atoms with Crippen LogP contribution in [0.2, 0.25) is 0 Å². The number of para-hydroxylation sites is 1. The van der Waals surface area contributed by atoms with Crippen LogP contribution in [0.1, 0.15) is 43.4 Å². The second kappa shape index (κ2) is 9.02. The van der Waals surface area contributed by atoms with Crippen LogP contribution in [0.3, 0.4) is 0 Å². The predicted octanol–water partition coefficient (Wildman–Crippen LogP) is 4.40. The van der Waals surface area contributed by atoms with Gasteiger partial charge in [-0.1, -0.05) is 55.0 Å². The number of nitrogens with zero attached hydrogens (tertiary/aromatic N) is 1. The Labute approximate surface area is 152 Å². The average molecular weight is 338 g/mol. The Morgan fingerprint density at radius 1 is 0.960 bits per heavy atom. The third kappa shape index (κ3) is 4.62. The van der Waals surface area contributed by atoms with Crippen molar-refractivity contribution in [3.63, 3.8) is 0 Å². The number of hydrogen-bond donors (Lipinski definition) is 1. The van der Waals surface area contributed by atoms with Gasteiger partial charge in [0.1, 0.15) is 5.75 Å². The molecule has 1 saturated heterocycles. The highest BCUT2D eigenvalue weighted by Crippen LogP contribution is 2.28. The molecule has 1 aliphatic rings. The summed E-state index contributed by atoms with van der Waals surface area (Å²) in [5.41, 5.74) is 2.62. The van der Waals surface area contributed by atoms with E-state index in [1.165, 1.54) is 43.5 Å². The zero-order chi connectivity index (χ0) is 17.5. The normalized spacial score (nSPS) is 17.8. The number of methoxy groups -OCH3 is 1. The van der Waals surface area contributed by atoms with E-state index in [-0.39, 0.29) is 0 Å². The summed E-state index contributed by atoms with van der Waals surface area (Å²) in [6, 6.07) is 20.0. The molecule has 1 aliphatic heterocycles. The number of likely N-dealkylation sites (tertiary alicyclic amines) is 1. The minimum absolute atomic E-state index is 0.366. The lowest BCUT2D eigenvalue weighted by molar-refractivity contribution is 0.134. The molecule has 0 aliphatic carbocycles. The van der Waals surface area contributed by atoms with Gasteiger partial charge in [-0.3, -0.25) is 4.90 Å². The smallest absolute Gasteiger partial charge is 0.123 e. The van der Waals surface area contributed by atoms with Crippen LogP contribution in [0.15, 0.2) is 54.6 Å². The van der Waals surface area contributed by atoms with Crippen molar-refractivity contribution in [2.24, 2.45) is 0 Å². The molecule has 134 valence electrons. The molecule has 2 unspecified atom stereocenters. The van der Waals surface area contributed by atoms with E-state index < -0.39 is 0 Å². The Bertz CT molecular complexity index is 637. The molecule has 0 amide bonds. The maximum atomic E-state index is 5.49. The Kier molecular flexibility index (Phi) is 6.48. The van der Waals surface area contributed by atoms with E-state index in [1.54, 1.807) is 7.11 Å². The van der Waals surface area contributed by atoms with Crippen molar-refractivity contribution in [3.8, 4) is 5.75 Å². The van der Waals surface area contributed by atoms with Crippen LogP contribution in [0.5, 0.6) is 5.75 Å². The number of nitrogens with one attached hydrogen (secondary N) is 1. The third-order valence-electron chi connectivity index (χ3n) is 5.21. The molecule has 0 saturated carbocycles. The van der Waals surface area contributed by atoms with Gasteiger partial charge in [-0.25, -0.2) is 0 Å². The fourth-order valence-corrected chi connectivity index (χ4v) is 3.89. The van der Waals surface area contributed by atoms with Gasteiger partial charge in [-0.2, -0.15) is 0 Å². The molecule has 0 bridgehead atoms. The molecule has 1 heterocycles. The van der Waals surface area contributed by atoms with Gasteiger partial charge in [0, 0.05) is 24.2 Å². The maximum absolute atomic E-state index is 5.49. The van der Waals surface area contributed by atoms with Gasteiger partial charge in [0.05, 0.1) is 7.11 Å². The highest BCUT2D eigenvalue weighted by Gasteiger charge is 2.27. The molecule has 0 spiro atoms. The summed E-state index contributed by atoms with van der Waals surface area (Å²) in [6.07, 6.45) is 3.98. The largest absolute Gasteiger partial charge is 0.496 e. The second-order valence-corrected chi connectivity index (χ2v) is 6.93. The van der Waals surface area contributed by atoms with E-state index in [0.29, 0.717) is 12.1 Å². The van der Waals surface area contributed by atoms with Crippen molar-refractivity contribution in [1.82, 2.24) is 10.2 Å². The Morgan fingerprint density at radius 3 is 2.36 bits per heavy atom. The SMILES string of the molecule is COc1ccccc1CNC(C)C(c1ccccc1)N1CCCCC1. The molecule has 3 nitrogen and oxygen atoms in total. The van der Waals surface area contributed by atoms with E-state index in [0.717, 1.165) is 12.3 Å². The number of hydrogen-bond acceptors (Lipinski definition) is 3. The summed E-state index contributed by atoms with van der Waals surface area (Å²) in [6.45, 7) is 5.52. The highest BCUT2D eigenvalue weighted by molar-refractivity contribution is 5.33. The summed E-state index contributed by atoms with van der Waals surface area (Å²) in [5, 5.41) is 3.75. The number of ether oxygens (including phenoxy) is 1. The fraction of sp³-hybridized carbons (Fsp3) is 0.455. The first-order chi connectivity index (χ1) is 12.3. The first-order valence-electron chi connectivity index (χ1n) is 9.44. The molecular weight excluding hydrogens is 308 g/mol. The molecule has 2 atom stereocenters. The minimum Gasteiger partial charge on any atom is -0.496 e. The number of rotatable bonds is 7. The molecule has 25 heavy (non-hydrogen) atoms. The first kappa shape index (κ1) is 18.0. The van der Waals surface area contributed by atoms with Crippen LogP contribution in [-0.4, -0.2) is 31.1 Å². The number of piperidine rings is 1. The van der Waals surface area contributed by atoms with Crippen LogP contribution in [0.25, 0.3) is 0 Å². The summed E-state index contributed by atoms with van der Waals surface area (Å²) in [5.74, 6) is 0.955. The van der Waals surface area contributed by atoms with Crippen LogP contribution in [0.4, 0.5) is 0 Å². The summed E-state index contributed by atoms with van der Waals surface area (Å²) in [7, 11) is 1.74. The minimum atomic E-state index is 0.366. The van der Waals surface area contributed by atoms with E-state index in [4.69, 9.17) is 4.74 Å². The number of benzene rings is 2. The van der Waals surface area contributed by atoms with Crippen molar-refractivity contribution in [2.45, 2.75) is 44.8 Å². The standard InChI is InChI=1S/C22H30N2O/c1-18(23-17-20-13-7-8-14-21(20)25-2)22(19-11-5-3-6-12-19)24-15-9-4-10-16-24/h3,5-8,11-14,18,22-23H,4,9-10,15-17H2,1-2H3. The van der Waals surface area contributed by atoms with Crippen molar-refractivity contribution in [3.05, 3.63) is 65.7 Å². The van der Waals surface area contributed by atoms with Crippen molar-refractivity contribution in [2.75, 3.05) is 20.2 Å². The van der Waals surface area contributed by atoms with Gasteiger partial charge < -0.3 is 10.1 Å². The fourth-order valence-electron chi connectivity index (χ4n) is 3.89. The maximum Gasteiger partial charge on any atom is 0.123 e. The Morgan fingerprint density at radius 2 is 1.64 bits per heavy atom. The van der Waals surface area contributed by atoms with Crippen LogP contribution < -0.4 is 10.1 Å². The average Bonchev–Trinajstić information content (AvgIpc) is 2.68. The Balaban J connectivity index is 1.73. The van der Waals surface area contributed by atoms with E-state index in [1.807, 2.05) is 12.1 Å². The Hall–Kier alpha value is -1.84. The third-order valence-corrected chi connectivity index (χ3v) is 5.21. The predicted molar refractivity (Wildman–Crippen MR) is 104 cm³/mol. The molecule has 3 heteroatoms. The lowest BCUT2D eigenvalue weighted by Crippen LogP contribution is -2.44. The second-order valence-electron chi connectivity index (χ2n) is 6.93. The van der Waals surface area contributed by atoms with Gasteiger partial charge in [0.25, 0.3) is 0 Å². The topological polar surface area (TPSA) is 24.5 Å². The van der Waals surface area contributed by atoms with Gasteiger partial charge in [-0.05, 0) is 44.5 Å². The zero-order valence-corrected chi connectivity index (χ0v) is 15.4. The molecule has 0 radical (unpaired) electrons. The van der Waals surface area contributed by atoms with Crippen LogP contribution in [0, 0.1) is 0 Å². The highest BCUT2D eigenvalue weighted by atomic mass is 16.5. The van der Waals surface area contributed by atoms with E-state index in [2.05, 4.69) is 59.6 Å². The monoisotopic (exact) mass is 338 g/mol. The van der Waals surface area contributed by atoms with Gasteiger partial charge >= 0.3 is 0 Å². The van der Waals surface area contributed by atoms with E-state index >= 15 is 0 Å². The zero-order valence-electron chi connectivity index (χ0n) is 15.4. The molecule has 0 aromatic heterocycles. The van der Waals surface area contributed by atoms with Gasteiger partial charge in [0.15, 0.2) is 0 Å². The molecular formula is C22H30N2O. The molecule has 1 fully saturated rings. The lowest BCUT2D eigenvalue weighted by Gasteiger charge is -2.38.